The lowest BCUT2D eigenvalue weighted by molar-refractivity contribution is 0.217. The lowest BCUT2D eigenvalue weighted by atomic mass is 10.0. The molecule has 0 unspecified atom stereocenters. The third kappa shape index (κ3) is 3.04. The molecule has 134 valence electrons. The van der Waals surface area contributed by atoms with Crippen LogP contribution >= 0.6 is 0 Å². The van der Waals surface area contributed by atoms with Crippen LogP contribution in [0.2, 0.25) is 0 Å². The highest BCUT2D eigenvalue weighted by Gasteiger charge is 2.40. The van der Waals surface area contributed by atoms with Crippen LogP contribution in [0.4, 0.5) is 0 Å². The van der Waals surface area contributed by atoms with Crippen LogP contribution in [0.25, 0.3) is 11.4 Å². The van der Waals surface area contributed by atoms with Crippen molar-refractivity contribution in [1.29, 1.82) is 0 Å². The van der Waals surface area contributed by atoms with Gasteiger partial charge in [-0.2, -0.15) is 9.29 Å². The number of sulfonamides is 1. The van der Waals surface area contributed by atoms with Gasteiger partial charge >= 0.3 is 0 Å². The predicted octanol–water partition coefficient (Wildman–Crippen LogP) is 3.14. The third-order valence-electron chi connectivity index (χ3n) is 4.57. The summed E-state index contributed by atoms with van der Waals surface area (Å²) in [4.78, 5) is 4.76. The average Bonchev–Trinajstić information content (AvgIpc) is 3.03. The Morgan fingerprint density at radius 3 is 2.46 bits per heavy atom. The van der Waals surface area contributed by atoms with Crippen LogP contribution in [0.5, 0.6) is 0 Å². The molecular formula is C19H19N3O3S. The van der Waals surface area contributed by atoms with Crippen molar-refractivity contribution in [3.63, 3.8) is 0 Å². The standard InChI is InChI=1S/C19H19N3O3S/c1-13-6-8-17(9-7-13)26(23,24)22-11-16(12-22)19-20-18(21-25-19)15-5-3-4-14(2)10-15/h3-10,16H,11-12H2,1-2H3. The molecule has 0 N–H and O–H groups in total. The molecular weight excluding hydrogens is 350 g/mol. The predicted molar refractivity (Wildman–Crippen MR) is 97.1 cm³/mol. The van der Waals surface area contributed by atoms with E-state index in [2.05, 4.69) is 10.1 Å². The SMILES string of the molecule is Cc1ccc(S(=O)(=O)N2CC(c3nc(-c4cccc(C)c4)no3)C2)cc1. The minimum Gasteiger partial charge on any atom is -0.339 e. The second-order valence-electron chi connectivity index (χ2n) is 6.66. The number of benzene rings is 2. The van der Waals surface area contributed by atoms with Gasteiger partial charge in [-0.15, -0.1) is 0 Å². The van der Waals surface area contributed by atoms with Crippen LogP contribution < -0.4 is 0 Å². The van der Waals surface area contributed by atoms with Crippen LogP contribution in [0.3, 0.4) is 0 Å². The highest BCUT2D eigenvalue weighted by Crippen LogP contribution is 2.32. The first-order valence-corrected chi connectivity index (χ1v) is 9.85. The molecule has 1 aliphatic rings. The lowest BCUT2D eigenvalue weighted by Crippen LogP contribution is -2.48. The first kappa shape index (κ1) is 16.9. The van der Waals surface area contributed by atoms with Crippen molar-refractivity contribution in [2.75, 3.05) is 13.1 Å². The molecule has 0 spiro atoms. The molecule has 1 fully saturated rings. The maximum atomic E-state index is 12.6. The summed E-state index contributed by atoms with van der Waals surface area (Å²) in [5, 5.41) is 4.03. The van der Waals surface area contributed by atoms with Crippen LogP contribution in [0.15, 0.2) is 57.9 Å². The molecule has 2 heterocycles. The summed E-state index contributed by atoms with van der Waals surface area (Å²) >= 11 is 0. The number of hydrogen-bond donors (Lipinski definition) is 0. The molecule has 0 aliphatic carbocycles. The number of hydrogen-bond acceptors (Lipinski definition) is 5. The second kappa shape index (κ2) is 6.34. The second-order valence-corrected chi connectivity index (χ2v) is 8.60. The van der Waals surface area contributed by atoms with E-state index in [1.807, 2.05) is 38.1 Å². The van der Waals surface area contributed by atoms with Crippen molar-refractivity contribution >= 4 is 10.0 Å². The van der Waals surface area contributed by atoms with E-state index in [-0.39, 0.29) is 5.92 Å². The average molecular weight is 369 g/mol. The van der Waals surface area contributed by atoms with Crippen LogP contribution in [-0.4, -0.2) is 36.0 Å². The molecule has 4 rings (SSSR count). The lowest BCUT2D eigenvalue weighted by Gasteiger charge is -2.35. The van der Waals surface area contributed by atoms with Crippen molar-refractivity contribution in [3.05, 3.63) is 65.5 Å². The first-order chi connectivity index (χ1) is 12.4. The van der Waals surface area contributed by atoms with Crippen LogP contribution in [-0.2, 0) is 10.0 Å². The van der Waals surface area contributed by atoms with E-state index in [4.69, 9.17) is 4.52 Å². The number of aryl methyl sites for hydroxylation is 2. The third-order valence-corrected chi connectivity index (χ3v) is 6.42. The molecule has 2 aromatic carbocycles. The monoisotopic (exact) mass is 369 g/mol. The fourth-order valence-electron chi connectivity index (χ4n) is 2.95. The van der Waals surface area contributed by atoms with Gasteiger partial charge in [0.15, 0.2) is 0 Å². The van der Waals surface area contributed by atoms with Gasteiger partial charge in [0, 0.05) is 18.7 Å². The topological polar surface area (TPSA) is 76.3 Å². The van der Waals surface area contributed by atoms with Gasteiger partial charge in [-0.25, -0.2) is 8.42 Å². The Kier molecular flexibility index (Phi) is 4.13. The molecule has 1 aromatic heterocycles. The summed E-state index contributed by atoms with van der Waals surface area (Å²) < 4.78 is 32.1. The highest BCUT2D eigenvalue weighted by atomic mass is 32.2. The van der Waals surface area contributed by atoms with Gasteiger partial charge in [0.2, 0.25) is 21.7 Å². The molecule has 1 aliphatic heterocycles. The smallest absolute Gasteiger partial charge is 0.243 e. The minimum atomic E-state index is -3.47. The molecule has 26 heavy (non-hydrogen) atoms. The van der Waals surface area contributed by atoms with Gasteiger partial charge in [0.25, 0.3) is 0 Å². The van der Waals surface area contributed by atoms with Gasteiger partial charge in [-0.05, 0) is 32.0 Å². The Balaban J connectivity index is 1.47. The van der Waals surface area contributed by atoms with E-state index in [9.17, 15) is 8.42 Å². The summed E-state index contributed by atoms with van der Waals surface area (Å²) in [5.74, 6) is 0.946. The Bertz CT molecular complexity index is 1040. The van der Waals surface area contributed by atoms with E-state index < -0.39 is 10.0 Å². The molecule has 0 bridgehead atoms. The van der Waals surface area contributed by atoms with E-state index in [0.717, 1.165) is 16.7 Å². The molecule has 0 atom stereocenters. The molecule has 6 nitrogen and oxygen atoms in total. The van der Waals surface area contributed by atoms with Gasteiger partial charge < -0.3 is 4.52 Å². The van der Waals surface area contributed by atoms with Gasteiger partial charge in [0.05, 0.1) is 10.8 Å². The number of rotatable bonds is 4. The molecule has 7 heteroatoms. The maximum Gasteiger partial charge on any atom is 0.243 e. The van der Waals surface area contributed by atoms with Crippen molar-refractivity contribution < 1.29 is 12.9 Å². The number of aromatic nitrogens is 2. The Morgan fingerprint density at radius 1 is 1.04 bits per heavy atom. The summed E-state index contributed by atoms with van der Waals surface area (Å²) in [6.07, 6.45) is 0. The first-order valence-electron chi connectivity index (χ1n) is 8.41. The Labute approximate surface area is 152 Å². The summed E-state index contributed by atoms with van der Waals surface area (Å²) in [5.41, 5.74) is 3.04. The maximum absolute atomic E-state index is 12.6. The van der Waals surface area contributed by atoms with Crippen molar-refractivity contribution in [1.82, 2.24) is 14.4 Å². The zero-order chi connectivity index (χ0) is 18.3. The molecule has 0 radical (unpaired) electrons. The van der Waals surface area contributed by atoms with Gasteiger partial charge in [-0.1, -0.05) is 46.6 Å². The Hall–Kier alpha value is -2.51. The zero-order valence-corrected chi connectivity index (χ0v) is 15.4. The molecule has 0 amide bonds. The normalized spacial score (nSPS) is 15.8. The summed E-state index contributed by atoms with van der Waals surface area (Å²) in [7, 11) is -3.47. The van der Waals surface area contributed by atoms with Crippen LogP contribution in [0.1, 0.15) is 22.9 Å². The van der Waals surface area contributed by atoms with Crippen molar-refractivity contribution in [2.45, 2.75) is 24.7 Å². The Morgan fingerprint density at radius 2 is 1.77 bits per heavy atom. The van der Waals surface area contributed by atoms with E-state index >= 15 is 0 Å². The molecule has 0 saturated carbocycles. The fourth-order valence-corrected chi connectivity index (χ4v) is 4.48. The van der Waals surface area contributed by atoms with Crippen LogP contribution in [0, 0.1) is 13.8 Å². The largest absolute Gasteiger partial charge is 0.339 e. The molecule has 3 aromatic rings. The van der Waals surface area contributed by atoms with Crippen molar-refractivity contribution in [2.24, 2.45) is 0 Å². The summed E-state index contributed by atoms with van der Waals surface area (Å²) in [6, 6.07) is 14.7. The quantitative estimate of drug-likeness (QED) is 0.706. The zero-order valence-electron chi connectivity index (χ0n) is 14.6. The summed E-state index contributed by atoms with van der Waals surface area (Å²) in [6.45, 7) is 4.64. The highest BCUT2D eigenvalue weighted by molar-refractivity contribution is 7.89. The van der Waals surface area contributed by atoms with E-state index in [0.29, 0.717) is 29.7 Å². The van der Waals surface area contributed by atoms with Gasteiger partial charge in [0.1, 0.15) is 0 Å². The fraction of sp³-hybridized carbons (Fsp3) is 0.263. The number of nitrogens with zero attached hydrogens (tertiary/aromatic N) is 3. The van der Waals surface area contributed by atoms with Crippen molar-refractivity contribution in [3.8, 4) is 11.4 Å². The van der Waals surface area contributed by atoms with E-state index in [1.54, 1.807) is 24.3 Å². The van der Waals surface area contributed by atoms with Gasteiger partial charge in [-0.3, -0.25) is 0 Å². The molecule has 1 saturated heterocycles. The minimum absolute atomic E-state index is 0.0683. The van der Waals surface area contributed by atoms with E-state index in [1.165, 1.54) is 4.31 Å².